The van der Waals surface area contributed by atoms with Gasteiger partial charge in [0.2, 0.25) is 0 Å². The molecule has 0 aliphatic heterocycles. The summed E-state index contributed by atoms with van der Waals surface area (Å²) in [5.74, 6) is -0.117. The van der Waals surface area contributed by atoms with Crippen LogP contribution in [0.3, 0.4) is 0 Å². The molecule has 0 radical (unpaired) electrons. The van der Waals surface area contributed by atoms with Crippen LogP contribution < -0.4 is 11.1 Å². The lowest BCUT2D eigenvalue weighted by molar-refractivity contribution is 0.0948. The third-order valence-corrected chi connectivity index (χ3v) is 4.26. The van der Waals surface area contributed by atoms with Crippen LogP contribution in [-0.2, 0) is 13.0 Å². The summed E-state index contributed by atoms with van der Waals surface area (Å²) in [4.78, 5) is 22.5. The Hall–Kier alpha value is -1.51. The van der Waals surface area contributed by atoms with Crippen LogP contribution >= 0.6 is 22.7 Å². The Morgan fingerprint density at radius 1 is 1.33 bits per heavy atom. The monoisotopic (exact) mass is 325 g/mol. The summed E-state index contributed by atoms with van der Waals surface area (Å²) in [6.45, 7) is 1.36. The second kappa shape index (κ2) is 7.48. The van der Waals surface area contributed by atoms with E-state index < -0.39 is 0 Å². The maximum atomic E-state index is 11.9. The minimum absolute atomic E-state index is 0.117. The number of hydrogen-bond donors (Lipinski definition) is 2. The standard InChI is InChI=1S/C13H19N5OS2/c1-18(2)6-11-17-10(8-20-11)12(19)15-5-3-4-9-7-21-13(14)16-9/h7-8H,3-6H2,1-2H3,(H2,14,16)(H,15,19). The highest BCUT2D eigenvalue weighted by Gasteiger charge is 2.10. The van der Waals surface area contributed by atoms with E-state index in [2.05, 4.69) is 15.3 Å². The molecule has 0 saturated carbocycles. The molecule has 2 aromatic heterocycles. The highest BCUT2D eigenvalue weighted by atomic mass is 32.1. The summed E-state index contributed by atoms with van der Waals surface area (Å²) >= 11 is 2.95. The van der Waals surface area contributed by atoms with Crippen molar-refractivity contribution in [1.82, 2.24) is 20.2 Å². The van der Waals surface area contributed by atoms with Gasteiger partial charge in [-0.15, -0.1) is 22.7 Å². The third-order valence-electron chi connectivity index (χ3n) is 2.70. The third kappa shape index (κ3) is 5.07. The molecule has 0 spiro atoms. The van der Waals surface area contributed by atoms with Crippen LogP contribution in [0.2, 0.25) is 0 Å². The Morgan fingerprint density at radius 2 is 2.14 bits per heavy atom. The topological polar surface area (TPSA) is 84.1 Å². The predicted molar refractivity (Wildman–Crippen MR) is 86.7 cm³/mol. The first kappa shape index (κ1) is 15.9. The summed E-state index contributed by atoms with van der Waals surface area (Å²) in [6.07, 6.45) is 1.65. The van der Waals surface area contributed by atoms with Gasteiger partial charge in [0.05, 0.1) is 5.69 Å². The van der Waals surface area contributed by atoms with Gasteiger partial charge < -0.3 is 16.0 Å². The van der Waals surface area contributed by atoms with Crippen molar-refractivity contribution in [2.45, 2.75) is 19.4 Å². The van der Waals surface area contributed by atoms with E-state index in [0.29, 0.717) is 17.4 Å². The van der Waals surface area contributed by atoms with Crippen molar-refractivity contribution in [3.63, 3.8) is 0 Å². The van der Waals surface area contributed by atoms with Gasteiger partial charge in [0.25, 0.3) is 5.91 Å². The molecule has 0 fully saturated rings. The van der Waals surface area contributed by atoms with E-state index in [0.717, 1.165) is 30.1 Å². The normalized spacial score (nSPS) is 11.0. The van der Waals surface area contributed by atoms with Gasteiger partial charge in [0.15, 0.2) is 5.13 Å². The Labute approximate surface area is 132 Å². The summed E-state index contributed by atoms with van der Waals surface area (Å²) in [6, 6.07) is 0. The Morgan fingerprint density at radius 3 is 2.81 bits per heavy atom. The van der Waals surface area contributed by atoms with E-state index in [4.69, 9.17) is 5.73 Å². The van der Waals surface area contributed by atoms with E-state index >= 15 is 0 Å². The van der Waals surface area contributed by atoms with Gasteiger partial charge >= 0.3 is 0 Å². The molecule has 2 aromatic rings. The molecule has 0 aliphatic rings. The lowest BCUT2D eigenvalue weighted by atomic mass is 10.2. The second-order valence-electron chi connectivity index (χ2n) is 4.90. The number of carbonyl (C=O) groups is 1. The van der Waals surface area contributed by atoms with Crippen LogP contribution in [0, 0.1) is 0 Å². The molecule has 0 saturated heterocycles. The average molecular weight is 325 g/mol. The van der Waals surface area contributed by atoms with Gasteiger partial charge in [-0.2, -0.15) is 0 Å². The lowest BCUT2D eigenvalue weighted by Gasteiger charge is -2.05. The maximum absolute atomic E-state index is 11.9. The van der Waals surface area contributed by atoms with E-state index in [1.165, 1.54) is 22.7 Å². The number of aromatic nitrogens is 2. The highest BCUT2D eigenvalue weighted by Crippen LogP contribution is 2.13. The van der Waals surface area contributed by atoms with Crippen molar-refractivity contribution in [3.05, 3.63) is 27.2 Å². The number of rotatable bonds is 7. The van der Waals surface area contributed by atoms with Crippen molar-refractivity contribution in [2.75, 3.05) is 26.4 Å². The van der Waals surface area contributed by atoms with Crippen molar-refractivity contribution in [3.8, 4) is 0 Å². The van der Waals surface area contributed by atoms with Crippen LogP contribution in [0.4, 0.5) is 5.13 Å². The molecule has 2 heterocycles. The summed E-state index contributed by atoms with van der Waals surface area (Å²) < 4.78 is 0. The van der Waals surface area contributed by atoms with Gasteiger partial charge in [0, 0.05) is 23.8 Å². The number of aryl methyl sites for hydroxylation is 1. The van der Waals surface area contributed by atoms with Gasteiger partial charge in [-0.1, -0.05) is 0 Å². The fourth-order valence-electron chi connectivity index (χ4n) is 1.76. The summed E-state index contributed by atoms with van der Waals surface area (Å²) in [7, 11) is 3.96. The molecular weight excluding hydrogens is 306 g/mol. The van der Waals surface area contributed by atoms with Crippen molar-refractivity contribution in [2.24, 2.45) is 0 Å². The van der Waals surface area contributed by atoms with Crippen LogP contribution in [0.1, 0.15) is 27.6 Å². The summed E-state index contributed by atoms with van der Waals surface area (Å²) in [5, 5.41) is 8.16. The number of nitrogens with zero attached hydrogens (tertiary/aromatic N) is 3. The molecule has 114 valence electrons. The molecule has 6 nitrogen and oxygen atoms in total. The molecule has 8 heteroatoms. The Balaban J connectivity index is 1.72. The van der Waals surface area contributed by atoms with Crippen molar-refractivity contribution < 1.29 is 4.79 Å². The number of carbonyl (C=O) groups excluding carboxylic acids is 1. The van der Waals surface area contributed by atoms with Crippen molar-refractivity contribution in [1.29, 1.82) is 0 Å². The zero-order chi connectivity index (χ0) is 15.2. The van der Waals surface area contributed by atoms with Gasteiger partial charge in [0.1, 0.15) is 10.7 Å². The highest BCUT2D eigenvalue weighted by molar-refractivity contribution is 7.13. The molecule has 3 N–H and O–H groups in total. The van der Waals surface area contributed by atoms with Crippen LogP contribution in [0.25, 0.3) is 0 Å². The van der Waals surface area contributed by atoms with Crippen LogP contribution in [0.15, 0.2) is 10.8 Å². The number of amides is 1. The average Bonchev–Trinajstić information content (AvgIpc) is 3.03. The van der Waals surface area contributed by atoms with Crippen LogP contribution in [0.5, 0.6) is 0 Å². The fourth-order valence-corrected chi connectivity index (χ4v) is 3.25. The quantitative estimate of drug-likeness (QED) is 0.756. The van der Waals surface area contributed by atoms with Crippen LogP contribution in [-0.4, -0.2) is 41.4 Å². The number of nitrogen functional groups attached to an aromatic ring is 1. The summed E-state index contributed by atoms with van der Waals surface area (Å²) in [5.41, 5.74) is 7.05. The lowest BCUT2D eigenvalue weighted by Crippen LogP contribution is -2.25. The SMILES string of the molecule is CN(C)Cc1nc(C(=O)NCCCc2csc(N)n2)cs1. The zero-order valence-electron chi connectivity index (χ0n) is 12.1. The molecule has 0 unspecified atom stereocenters. The number of nitrogens with two attached hydrogens (primary N) is 1. The first-order valence-electron chi connectivity index (χ1n) is 6.62. The Kier molecular flexibility index (Phi) is 5.66. The zero-order valence-corrected chi connectivity index (χ0v) is 13.8. The minimum Gasteiger partial charge on any atom is -0.375 e. The van der Waals surface area contributed by atoms with E-state index in [1.54, 1.807) is 5.38 Å². The molecule has 0 aromatic carbocycles. The minimum atomic E-state index is -0.117. The molecular formula is C13H19N5OS2. The van der Waals surface area contributed by atoms with Gasteiger partial charge in [-0.05, 0) is 26.9 Å². The number of thiazole rings is 2. The number of hydrogen-bond acceptors (Lipinski definition) is 7. The Bertz CT molecular complexity index is 593. The molecule has 1 amide bonds. The molecule has 2 rings (SSSR count). The molecule has 21 heavy (non-hydrogen) atoms. The molecule has 0 atom stereocenters. The van der Waals surface area contributed by atoms with Crippen molar-refractivity contribution >= 4 is 33.7 Å². The van der Waals surface area contributed by atoms with Gasteiger partial charge in [-0.3, -0.25) is 4.79 Å². The first-order valence-corrected chi connectivity index (χ1v) is 8.37. The largest absolute Gasteiger partial charge is 0.375 e. The fraction of sp³-hybridized carbons (Fsp3) is 0.462. The van der Waals surface area contributed by atoms with E-state index in [1.807, 2.05) is 24.4 Å². The van der Waals surface area contributed by atoms with E-state index in [-0.39, 0.29) is 5.91 Å². The first-order chi connectivity index (χ1) is 10.0. The number of anilines is 1. The second-order valence-corrected chi connectivity index (χ2v) is 6.73. The predicted octanol–water partition coefficient (Wildman–Crippen LogP) is 1.61. The van der Waals surface area contributed by atoms with E-state index in [9.17, 15) is 4.79 Å². The molecule has 0 bridgehead atoms. The smallest absolute Gasteiger partial charge is 0.270 e. The maximum Gasteiger partial charge on any atom is 0.270 e. The number of nitrogens with one attached hydrogen (secondary N) is 1. The molecule has 0 aliphatic carbocycles. The van der Waals surface area contributed by atoms with Gasteiger partial charge in [-0.25, -0.2) is 9.97 Å².